The number of hydrogen-bond donors (Lipinski definition) is 0. The van der Waals surface area contributed by atoms with E-state index in [0.29, 0.717) is 0 Å². The van der Waals surface area contributed by atoms with Crippen LogP contribution in [0, 0.1) is 31.3 Å². The third kappa shape index (κ3) is 3.36. The summed E-state index contributed by atoms with van der Waals surface area (Å²) in [5, 5.41) is 9.40. The van der Waals surface area contributed by atoms with E-state index >= 15 is 0 Å². The molecule has 0 atom stereocenters. The van der Waals surface area contributed by atoms with E-state index in [4.69, 9.17) is 0 Å². The summed E-state index contributed by atoms with van der Waals surface area (Å²) >= 11 is 0. The lowest BCUT2D eigenvalue weighted by atomic mass is 10.1. The van der Waals surface area contributed by atoms with Crippen molar-refractivity contribution in [2.75, 3.05) is 0 Å². The normalized spacial score (nSPS) is 10.6. The van der Waals surface area contributed by atoms with E-state index in [1.165, 1.54) is 31.3 Å². The predicted octanol–water partition coefficient (Wildman–Crippen LogP) is 4.37. The van der Waals surface area contributed by atoms with Gasteiger partial charge in [-0.25, -0.2) is 0 Å². The van der Waals surface area contributed by atoms with Gasteiger partial charge in [-0.15, -0.1) is 0 Å². The second kappa shape index (κ2) is 6.85. The highest BCUT2D eigenvalue weighted by atomic mass is 13.9. The molecule has 4 rings (SSSR count). The Balaban J connectivity index is 1.88. The molecule has 0 aromatic heterocycles. The lowest BCUT2D eigenvalue weighted by Crippen LogP contribution is -1.92. The zero-order valence-electron chi connectivity index (χ0n) is 14.7. The summed E-state index contributed by atoms with van der Waals surface area (Å²) in [6.45, 7) is 7.88. The first kappa shape index (κ1) is 16.1. The molecule has 0 unspecified atom stereocenters. The number of benzene rings is 4. The molecule has 0 nitrogen and oxygen atoms in total. The Hall–Kier alpha value is -3.38. The Morgan fingerprint density at radius 2 is 0.423 bits per heavy atom. The van der Waals surface area contributed by atoms with E-state index < -0.39 is 0 Å². The molecule has 0 saturated carbocycles. The Morgan fingerprint density at radius 3 is 0.615 bits per heavy atom. The van der Waals surface area contributed by atoms with E-state index in [9.17, 15) is 0 Å². The van der Waals surface area contributed by atoms with Crippen molar-refractivity contribution in [1.82, 2.24) is 0 Å². The van der Waals surface area contributed by atoms with Gasteiger partial charge in [0.15, 0.2) is 0 Å². The third-order valence-corrected chi connectivity index (χ3v) is 4.68. The zero-order valence-corrected chi connectivity index (χ0v) is 14.7. The fraction of sp³-hybridized carbons (Fsp3) is 0. The van der Waals surface area contributed by atoms with Crippen LogP contribution in [0.1, 0.15) is 0 Å². The average molecular weight is 332 g/mol. The minimum Gasteiger partial charge on any atom is -0.0918 e. The van der Waals surface area contributed by atoms with Crippen LogP contribution in [-0.2, 0) is 0 Å². The molecule has 0 aliphatic heterocycles. The molecule has 0 heterocycles. The maximum Gasteiger partial charge on any atom is -0.0184 e. The first-order valence-electron chi connectivity index (χ1n) is 8.74. The van der Waals surface area contributed by atoms with Crippen molar-refractivity contribution in [3.63, 3.8) is 0 Å². The molecule has 124 valence electrons. The highest BCUT2D eigenvalue weighted by molar-refractivity contribution is 5.22. The lowest BCUT2D eigenvalue weighted by molar-refractivity contribution is 1.41. The monoisotopic (exact) mass is 332 g/mol. The van der Waals surface area contributed by atoms with Crippen molar-refractivity contribution in [2.24, 2.45) is 0 Å². The minimum absolute atomic E-state index is 1.04. The zero-order chi connectivity index (χ0) is 17.9. The maximum atomic E-state index is 3.94. The van der Waals surface area contributed by atoms with E-state index in [0.717, 1.165) is 10.4 Å². The Labute approximate surface area is 152 Å². The van der Waals surface area contributed by atoms with Gasteiger partial charge in [-0.2, -0.15) is 0 Å². The average Bonchev–Trinajstić information content (AvgIpc) is 2.70. The molecule has 0 heteroatoms. The van der Waals surface area contributed by atoms with Crippen LogP contribution in [0.3, 0.4) is 0 Å². The first-order chi connectivity index (χ1) is 12.7. The summed E-state index contributed by atoms with van der Waals surface area (Å²) in [6.07, 6.45) is 0. The van der Waals surface area contributed by atoms with Crippen LogP contribution in [-0.4, -0.2) is 0 Å². The third-order valence-electron chi connectivity index (χ3n) is 4.68. The van der Waals surface area contributed by atoms with Crippen LogP contribution in [0.2, 0.25) is 0 Å². The van der Waals surface area contributed by atoms with Crippen LogP contribution in [0.5, 0.6) is 0 Å². The second-order valence-corrected chi connectivity index (χ2v) is 6.55. The van der Waals surface area contributed by atoms with E-state index in [2.05, 4.69) is 86.0 Å². The summed E-state index contributed by atoms with van der Waals surface area (Å²) in [6, 6.07) is 34.1. The fourth-order valence-electron chi connectivity index (χ4n) is 3.10. The predicted molar refractivity (Wildman–Crippen MR) is 109 cm³/mol. The summed E-state index contributed by atoms with van der Waals surface area (Å²) in [4.78, 5) is 0. The van der Waals surface area contributed by atoms with Gasteiger partial charge in [-0.05, 0) is 41.7 Å². The Morgan fingerprint density at radius 1 is 0.269 bits per heavy atom. The maximum absolute atomic E-state index is 3.94. The molecule has 0 amide bonds. The molecule has 0 spiro atoms. The van der Waals surface area contributed by atoms with Crippen molar-refractivity contribution in [3.05, 3.63) is 139 Å². The molecule has 0 aliphatic rings. The molecular weight excluding hydrogens is 312 g/mol. The van der Waals surface area contributed by atoms with Crippen LogP contribution in [0.15, 0.2) is 97.1 Å². The summed E-state index contributed by atoms with van der Waals surface area (Å²) < 4.78 is 0. The van der Waals surface area contributed by atoms with Gasteiger partial charge in [0.2, 0.25) is 0 Å². The molecule has 4 aromatic rings. The highest BCUT2D eigenvalue weighted by Crippen LogP contribution is 2.02. The van der Waals surface area contributed by atoms with Gasteiger partial charge in [-0.3, -0.25) is 0 Å². The molecule has 0 fully saturated rings. The van der Waals surface area contributed by atoms with Crippen molar-refractivity contribution >= 4 is 13.2 Å². The van der Waals surface area contributed by atoms with Crippen LogP contribution < -0.4 is 10.4 Å². The van der Waals surface area contributed by atoms with Gasteiger partial charge < -0.3 is 0 Å². The van der Waals surface area contributed by atoms with Crippen LogP contribution in [0.25, 0.3) is 13.2 Å². The number of rotatable bonds is 0. The molecule has 0 saturated heterocycles. The van der Waals surface area contributed by atoms with Gasteiger partial charge in [0.25, 0.3) is 0 Å². The van der Waals surface area contributed by atoms with Gasteiger partial charge in [0.05, 0.1) is 0 Å². The van der Waals surface area contributed by atoms with Crippen molar-refractivity contribution in [1.29, 1.82) is 0 Å². The van der Waals surface area contributed by atoms with Crippen LogP contribution >= 0.6 is 0 Å². The molecule has 0 N–H and O–H groups in total. The topological polar surface area (TPSA) is 0 Å². The van der Waals surface area contributed by atoms with E-state index in [-0.39, 0.29) is 0 Å². The molecule has 0 bridgehead atoms. The molecule has 0 aliphatic carbocycles. The van der Waals surface area contributed by atoms with Crippen molar-refractivity contribution in [3.8, 4) is 0 Å². The molecule has 4 aromatic carbocycles. The summed E-state index contributed by atoms with van der Waals surface area (Å²) in [5.41, 5.74) is 0. The van der Waals surface area contributed by atoms with Gasteiger partial charge >= 0.3 is 0 Å². The lowest BCUT2D eigenvalue weighted by Gasteiger charge is -1.93. The minimum atomic E-state index is 1.04. The SMILES string of the molecule is C=c1ccc(=c2ccc(=c3ccc(=c4ccc(=C)cc4)cc3)cc2)cc1. The van der Waals surface area contributed by atoms with E-state index in [1.807, 2.05) is 24.3 Å². The number of hydrogen-bond acceptors (Lipinski definition) is 0. The van der Waals surface area contributed by atoms with Crippen molar-refractivity contribution < 1.29 is 0 Å². The van der Waals surface area contributed by atoms with E-state index in [1.54, 1.807) is 0 Å². The first-order valence-corrected chi connectivity index (χ1v) is 8.74. The fourth-order valence-corrected chi connectivity index (χ4v) is 3.10. The summed E-state index contributed by atoms with van der Waals surface area (Å²) in [5.74, 6) is 0. The largest absolute Gasteiger partial charge is 0.0918 e. The highest BCUT2D eigenvalue weighted by Gasteiger charge is 1.87. The smallest absolute Gasteiger partial charge is 0.0184 e. The standard InChI is InChI=1S/C26H20/c1-19-3-7-21(8-4-19)23-11-15-25(16-12-23)26-17-13-24(14-18-26)22-9-5-20(2)6-10-22/h3-18H,1-2H2. The molecule has 0 radical (unpaired) electrons. The Kier molecular flexibility index (Phi) is 4.25. The molecule has 26 heavy (non-hydrogen) atoms. The second-order valence-electron chi connectivity index (χ2n) is 6.55. The summed E-state index contributed by atoms with van der Waals surface area (Å²) in [7, 11) is 0. The van der Waals surface area contributed by atoms with Gasteiger partial charge in [-0.1, -0.05) is 110 Å². The molecular formula is C26H20. The van der Waals surface area contributed by atoms with Gasteiger partial charge in [0.1, 0.15) is 0 Å². The van der Waals surface area contributed by atoms with Crippen molar-refractivity contribution in [2.45, 2.75) is 0 Å². The van der Waals surface area contributed by atoms with Gasteiger partial charge in [0, 0.05) is 0 Å². The Bertz CT molecular complexity index is 1260. The quantitative estimate of drug-likeness (QED) is 0.449. The van der Waals surface area contributed by atoms with Crippen LogP contribution in [0.4, 0.5) is 0 Å².